The monoisotopic (exact) mass is 451 g/mol. The fourth-order valence-corrected chi connectivity index (χ4v) is 4.44. The highest BCUT2D eigenvalue weighted by molar-refractivity contribution is 9.10. The number of anilines is 1. The Hall–Kier alpha value is -2.39. The Labute approximate surface area is 168 Å². The SMILES string of the molecule is CNC(=O)c1c(NC(=O)c2ccc(Br)cc2)sc2c1CCN(C(=O)OC)C2. The lowest BCUT2D eigenvalue weighted by Gasteiger charge is -2.25. The minimum Gasteiger partial charge on any atom is -0.453 e. The number of methoxy groups -OCH3 is 1. The van der Waals surface area contributed by atoms with Gasteiger partial charge in [-0.15, -0.1) is 11.3 Å². The lowest BCUT2D eigenvalue weighted by molar-refractivity contribution is 0.0962. The van der Waals surface area contributed by atoms with Crippen LogP contribution in [0, 0.1) is 0 Å². The first kappa shape index (κ1) is 19.4. The Morgan fingerprint density at radius 1 is 1.19 bits per heavy atom. The zero-order valence-electron chi connectivity index (χ0n) is 14.8. The Morgan fingerprint density at radius 3 is 2.52 bits per heavy atom. The fourth-order valence-electron chi connectivity index (χ4n) is 2.92. The van der Waals surface area contributed by atoms with Crippen LogP contribution in [0.4, 0.5) is 9.80 Å². The number of ether oxygens (including phenoxy) is 1. The van der Waals surface area contributed by atoms with Crippen molar-refractivity contribution >= 4 is 50.2 Å². The van der Waals surface area contributed by atoms with Gasteiger partial charge in [-0.05, 0) is 36.2 Å². The molecule has 1 aliphatic heterocycles. The van der Waals surface area contributed by atoms with E-state index in [4.69, 9.17) is 4.74 Å². The van der Waals surface area contributed by atoms with Gasteiger partial charge in [0.1, 0.15) is 5.00 Å². The molecule has 27 heavy (non-hydrogen) atoms. The Morgan fingerprint density at radius 2 is 1.89 bits per heavy atom. The molecule has 1 aromatic heterocycles. The van der Waals surface area contributed by atoms with E-state index in [1.165, 1.54) is 18.4 Å². The minimum atomic E-state index is -0.406. The molecule has 2 N–H and O–H groups in total. The highest BCUT2D eigenvalue weighted by Gasteiger charge is 2.30. The maximum absolute atomic E-state index is 12.6. The summed E-state index contributed by atoms with van der Waals surface area (Å²) in [6.45, 7) is 0.811. The molecule has 2 aromatic rings. The van der Waals surface area contributed by atoms with E-state index < -0.39 is 6.09 Å². The van der Waals surface area contributed by atoms with Crippen molar-refractivity contribution < 1.29 is 19.1 Å². The largest absolute Gasteiger partial charge is 0.453 e. The Balaban J connectivity index is 1.92. The molecule has 0 bridgehead atoms. The van der Waals surface area contributed by atoms with Gasteiger partial charge < -0.3 is 20.3 Å². The van der Waals surface area contributed by atoms with Gasteiger partial charge in [0.25, 0.3) is 11.8 Å². The maximum Gasteiger partial charge on any atom is 0.409 e. The molecule has 0 aliphatic carbocycles. The molecule has 0 radical (unpaired) electrons. The number of halogens is 1. The first-order valence-corrected chi connectivity index (χ1v) is 9.82. The van der Waals surface area contributed by atoms with Crippen LogP contribution in [0.25, 0.3) is 0 Å². The smallest absolute Gasteiger partial charge is 0.409 e. The van der Waals surface area contributed by atoms with Gasteiger partial charge in [0.15, 0.2) is 0 Å². The zero-order chi connectivity index (χ0) is 19.6. The second-order valence-corrected chi connectivity index (χ2v) is 7.91. The number of nitrogens with zero attached hydrogens (tertiary/aromatic N) is 1. The van der Waals surface area contributed by atoms with Gasteiger partial charge in [-0.25, -0.2) is 4.79 Å². The third kappa shape index (κ3) is 3.98. The van der Waals surface area contributed by atoms with Crippen molar-refractivity contribution in [2.24, 2.45) is 0 Å². The molecule has 0 saturated heterocycles. The summed E-state index contributed by atoms with van der Waals surface area (Å²) in [6, 6.07) is 6.96. The molecule has 142 valence electrons. The second kappa shape index (κ2) is 8.10. The van der Waals surface area contributed by atoms with E-state index in [1.54, 1.807) is 36.2 Å². The molecule has 0 unspecified atom stereocenters. The lowest BCUT2D eigenvalue weighted by atomic mass is 10.0. The number of fused-ring (bicyclic) bond motifs is 1. The highest BCUT2D eigenvalue weighted by atomic mass is 79.9. The van der Waals surface area contributed by atoms with Crippen LogP contribution < -0.4 is 10.6 Å². The van der Waals surface area contributed by atoms with Crippen molar-refractivity contribution in [3.05, 3.63) is 50.3 Å². The molecule has 1 aliphatic rings. The molecular formula is C18H18BrN3O4S. The van der Waals surface area contributed by atoms with Gasteiger partial charge in [-0.1, -0.05) is 15.9 Å². The quantitative estimate of drug-likeness (QED) is 0.749. The van der Waals surface area contributed by atoms with Gasteiger partial charge in [0, 0.05) is 28.5 Å². The second-order valence-electron chi connectivity index (χ2n) is 5.89. The molecule has 2 heterocycles. The van der Waals surface area contributed by atoms with E-state index in [0.717, 1.165) is 14.9 Å². The van der Waals surface area contributed by atoms with Gasteiger partial charge in [-0.3, -0.25) is 9.59 Å². The molecular weight excluding hydrogens is 434 g/mol. The van der Waals surface area contributed by atoms with E-state index in [-0.39, 0.29) is 11.8 Å². The number of nitrogens with one attached hydrogen (secondary N) is 2. The summed E-state index contributed by atoms with van der Waals surface area (Å²) in [6.07, 6.45) is 0.119. The van der Waals surface area contributed by atoms with E-state index in [9.17, 15) is 14.4 Å². The third-order valence-corrected chi connectivity index (χ3v) is 5.94. The number of carbonyl (C=O) groups is 3. The van der Waals surface area contributed by atoms with Crippen LogP contribution in [-0.4, -0.2) is 43.5 Å². The van der Waals surface area contributed by atoms with E-state index in [0.29, 0.717) is 35.6 Å². The maximum atomic E-state index is 12.6. The predicted molar refractivity (Wildman–Crippen MR) is 106 cm³/mol. The highest BCUT2D eigenvalue weighted by Crippen LogP contribution is 2.37. The van der Waals surface area contributed by atoms with Crippen LogP contribution in [0.2, 0.25) is 0 Å². The molecule has 1 aromatic carbocycles. The molecule has 0 spiro atoms. The Bertz CT molecular complexity index is 895. The topological polar surface area (TPSA) is 87.7 Å². The predicted octanol–water partition coefficient (Wildman–Crippen LogP) is 3.25. The molecule has 3 rings (SSSR count). The van der Waals surface area contributed by atoms with Crippen LogP contribution in [0.3, 0.4) is 0 Å². The average Bonchev–Trinajstić information content (AvgIpc) is 3.04. The van der Waals surface area contributed by atoms with Gasteiger partial charge in [-0.2, -0.15) is 0 Å². The van der Waals surface area contributed by atoms with Gasteiger partial charge >= 0.3 is 6.09 Å². The summed E-state index contributed by atoms with van der Waals surface area (Å²) >= 11 is 4.65. The summed E-state index contributed by atoms with van der Waals surface area (Å²) in [5, 5.41) is 5.96. The van der Waals surface area contributed by atoms with Crippen molar-refractivity contribution in [2.45, 2.75) is 13.0 Å². The molecule has 0 fully saturated rings. The van der Waals surface area contributed by atoms with Crippen LogP contribution in [-0.2, 0) is 17.7 Å². The number of benzene rings is 1. The lowest BCUT2D eigenvalue weighted by Crippen LogP contribution is -2.35. The number of amides is 3. The number of hydrogen-bond acceptors (Lipinski definition) is 5. The zero-order valence-corrected chi connectivity index (χ0v) is 17.2. The first-order valence-electron chi connectivity index (χ1n) is 8.21. The first-order chi connectivity index (χ1) is 12.9. The number of rotatable bonds is 3. The summed E-state index contributed by atoms with van der Waals surface area (Å²) < 4.78 is 5.66. The number of carbonyl (C=O) groups excluding carboxylic acids is 3. The number of thiophene rings is 1. The van der Waals surface area contributed by atoms with Crippen molar-refractivity contribution in [3.8, 4) is 0 Å². The molecule has 3 amide bonds. The van der Waals surface area contributed by atoms with Crippen molar-refractivity contribution in [1.82, 2.24) is 10.2 Å². The van der Waals surface area contributed by atoms with Crippen LogP contribution in [0.15, 0.2) is 28.7 Å². The van der Waals surface area contributed by atoms with Crippen LogP contribution in [0.1, 0.15) is 31.2 Å². The standard InChI is InChI=1S/C18H18BrN3O4S/c1-20-16(24)14-12-7-8-22(18(25)26-2)9-13(12)27-17(14)21-15(23)10-3-5-11(19)6-4-10/h3-6H,7-9H2,1-2H3,(H,20,24)(H,21,23). The number of hydrogen-bond donors (Lipinski definition) is 2. The Kier molecular flexibility index (Phi) is 5.81. The molecule has 0 saturated carbocycles. The van der Waals surface area contributed by atoms with E-state index in [1.807, 2.05) is 0 Å². The molecule has 7 nitrogen and oxygen atoms in total. The summed E-state index contributed by atoms with van der Waals surface area (Å²) in [7, 11) is 2.89. The normalized spacial score (nSPS) is 12.9. The minimum absolute atomic E-state index is 0.259. The van der Waals surface area contributed by atoms with Crippen LogP contribution >= 0.6 is 27.3 Å². The van der Waals surface area contributed by atoms with Crippen LogP contribution in [0.5, 0.6) is 0 Å². The fraction of sp³-hybridized carbons (Fsp3) is 0.278. The molecule has 0 atom stereocenters. The van der Waals surface area contributed by atoms with Crippen molar-refractivity contribution in [2.75, 3.05) is 26.0 Å². The van der Waals surface area contributed by atoms with Gasteiger partial charge in [0.05, 0.1) is 19.2 Å². The van der Waals surface area contributed by atoms with Crippen molar-refractivity contribution in [3.63, 3.8) is 0 Å². The van der Waals surface area contributed by atoms with Crippen molar-refractivity contribution in [1.29, 1.82) is 0 Å². The van der Waals surface area contributed by atoms with E-state index >= 15 is 0 Å². The van der Waals surface area contributed by atoms with Gasteiger partial charge in [0.2, 0.25) is 0 Å². The summed E-state index contributed by atoms with van der Waals surface area (Å²) in [4.78, 5) is 39.3. The summed E-state index contributed by atoms with van der Waals surface area (Å²) in [5.74, 6) is -0.554. The third-order valence-electron chi connectivity index (χ3n) is 4.28. The molecule has 9 heteroatoms. The van der Waals surface area contributed by atoms with E-state index in [2.05, 4.69) is 26.6 Å². The summed E-state index contributed by atoms with van der Waals surface area (Å²) in [5.41, 5.74) is 1.82. The average molecular weight is 452 g/mol.